The van der Waals surface area contributed by atoms with Gasteiger partial charge in [-0.2, -0.15) is 0 Å². The van der Waals surface area contributed by atoms with Crippen LogP contribution in [-0.2, 0) is 32.3 Å². The summed E-state index contributed by atoms with van der Waals surface area (Å²) < 4.78 is 10.4. The predicted octanol–water partition coefficient (Wildman–Crippen LogP) is 3.09. The molecular weight excluding hydrogens is 256 g/mol. The Labute approximate surface area is 120 Å². The highest BCUT2D eigenvalue weighted by molar-refractivity contribution is 5.72. The van der Waals surface area contributed by atoms with Gasteiger partial charge in [0.25, 0.3) is 0 Å². The van der Waals surface area contributed by atoms with Gasteiger partial charge in [-0.05, 0) is 11.1 Å². The number of ether oxygens (including phenoxy) is 2. The number of hydrogen-bond donors (Lipinski definition) is 0. The maximum absolute atomic E-state index is 11.5. The summed E-state index contributed by atoms with van der Waals surface area (Å²) >= 11 is 0. The van der Waals surface area contributed by atoms with Crippen LogP contribution in [0.3, 0.4) is 0 Å². The van der Waals surface area contributed by atoms with Crippen molar-refractivity contribution in [2.24, 2.45) is 11.8 Å². The summed E-state index contributed by atoms with van der Waals surface area (Å²) in [5, 5.41) is 0. The zero-order chi connectivity index (χ0) is 15.1. The minimum atomic E-state index is -0.237. The van der Waals surface area contributed by atoms with E-state index in [1.165, 1.54) is 0 Å². The first-order chi connectivity index (χ1) is 9.41. The largest absolute Gasteiger partial charge is 0.461 e. The molecule has 0 fully saturated rings. The fraction of sp³-hybridized carbons (Fsp3) is 0.500. The van der Waals surface area contributed by atoms with Crippen LogP contribution >= 0.6 is 0 Å². The van der Waals surface area contributed by atoms with Crippen LogP contribution in [0.2, 0.25) is 0 Å². The molecular formula is C16H22O4. The number of hydrogen-bond acceptors (Lipinski definition) is 4. The first-order valence-electron chi connectivity index (χ1n) is 6.82. The van der Waals surface area contributed by atoms with Crippen molar-refractivity contribution in [2.45, 2.75) is 40.9 Å². The second-order valence-corrected chi connectivity index (χ2v) is 5.29. The number of carbonyl (C=O) groups is 2. The van der Waals surface area contributed by atoms with E-state index in [0.29, 0.717) is 0 Å². The van der Waals surface area contributed by atoms with Crippen LogP contribution in [0.1, 0.15) is 38.8 Å². The molecule has 1 aromatic rings. The van der Waals surface area contributed by atoms with Gasteiger partial charge in [-0.3, -0.25) is 9.59 Å². The van der Waals surface area contributed by atoms with E-state index < -0.39 is 0 Å². The van der Waals surface area contributed by atoms with Crippen molar-refractivity contribution < 1.29 is 19.1 Å². The van der Waals surface area contributed by atoms with Crippen LogP contribution in [0.15, 0.2) is 24.3 Å². The van der Waals surface area contributed by atoms with Crippen LogP contribution in [0.4, 0.5) is 0 Å². The fourth-order valence-electron chi connectivity index (χ4n) is 1.47. The predicted molar refractivity (Wildman–Crippen MR) is 75.7 cm³/mol. The molecule has 0 amide bonds. The lowest BCUT2D eigenvalue weighted by Gasteiger charge is -2.12. The van der Waals surface area contributed by atoms with Crippen LogP contribution in [0, 0.1) is 11.8 Å². The minimum Gasteiger partial charge on any atom is -0.461 e. The van der Waals surface area contributed by atoms with E-state index >= 15 is 0 Å². The van der Waals surface area contributed by atoms with Gasteiger partial charge in [0.05, 0.1) is 11.8 Å². The zero-order valence-electron chi connectivity index (χ0n) is 12.5. The molecule has 0 spiro atoms. The minimum absolute atomic E-state index is 0.152. The molecule has 20 heavy (non-hydrogen) atoms. The molecule has 110 valence electrons. The van der Waals surface area contributed by atoms with Crippen molar-refractivity contribution >= 4 is 11.9 Å². The van der Waals surface area contributed by atoms with Gasteiger partial charge in [0.1, 0.15) is 13.2 Å². The Balaban J connectivity index is 2.64. The van der Waals surface area contributed by atoms with Crippen LogP contribution in [0.5, 0.6) is 0 Å². The van der Waals surface area contributed by atoms with Gasteiger partial charge in [0.2, 0.25) is 0 Å². The highest BCUT2D eigenvalue weighted by Crippen LogP contribution is 2.13. The monoisotopic (exact) mass is 278 g/mol. The topological polar surface area (TPSA) is 52.6 Å². The highest BCUT2D eigenvalue weighted by Gasteiger charge is 2.12. The molecule has 4 nitrogen and oxygen atoms in total. The van der Waals surface area contributed by atoms with Gasteiger partial charge in [-0.25, -0.2) is 0 Å². The molecule has 0 radical (unpaired) electrons. The van der Waals surface area contributed by atoms with Crippen molar-refractivity contribution in [1.82, 2.24) is 0 Å². The Morgan fingerprint density at radius 3 is 1.50 bits per heavy atom. The molecule has 0 aliphatic carbocycles. The summed E-state index contributed by atoms with van der Waals surface area (Å²) in [6.45, 7) is 7.56. The molecule has 0 aromatic heterocycles. The quantitative estimate of drug-likeness (QED) is 0.750. The van der Waals surface area contributed by atoms with Crippen LogP contribution in [0.25, 0.3) is 0 Å². The van der Waals surface area contributed by atoms with Crippen molar-refractivity contribution in [3.63, 3.8) is 0 Å². The summed E-state index contributed by atoms with van der Waals surface area (Å²) in [5.41, 5.74) is 1.72. The SMILES string of the molecule is CC(C)C(=O)OCc1ccccc1COC(=O)C(C)C. The summed E-state index contributed by atoms with van der Waals surface area (Å²) in [4.78, 5) is 23.0. The Morgan fingerprint density at radius 1 is 0.850 bits per heavy atom. The molecule has 0 unspecified atom stereocenters. The van der Waals surface area contributed by atoms with E-state index in [9.17, 15) is 9.59 Å². The Kier molecular flexibility index (Phi) is 6.22. The van der Waals surface area contributed by atoms with Crippen molar-refractivity contribution in [3.8, 4) is 0 Å². The van der Waals surface area contributed by atoms with Gasteiger partial charge in [-0.1, -0.05) is 52.0 Å². The summed E-state index contributed by atoms with van der Waals surface area (Å²) in [7, 11) is 0. The lowest BCUT2D eigenvalue weighted by Crippen LogP contribution is -2.14. The van der Waals surface area contributed by atoms with E-state index in [1.54, 1.807) is 27.7 Å². The maximum Gasteiger partial charge on any atom is 0.308 e. The lowest BCUT2D eigenvalue weighted by atomic mass is 10.1. The van der Waals surface area contributed by atoms with E-state index in [0.717, 1.165) is 11.1 Å². The third-order valence-corrected chi connectivity index (χ3v) is 2.80. The Hall–Kier alpha value is -1.84. The average molecular weight is 278 g/mol. The molecule has 0 atom stereocenters. The number of rotatable bonds is 6. The van der Waals surface area contributed by atoms with Gasteiger partial charge in [0, 0.05) is 0 Å². The van der Waals surface area contributed by atoms with Crippen LogP contribution in [-0.4, -0.2) is 11.9 Å². The smallest absolute Gasteiger partial charge is 0.308 e. The third-order valence-electron chi connectivity index (χ3n) is 2.80. The number of esters is 2. The molecule has 4 heteroatoms. The van der Waals surface area contributed by atoms with Gasteiger partial charge < -0.3 is 9.47 Å². The molecule has 0 heterocycles. The van der Waals surface area contributed by atoms with Crippen molar-refractivity contribution in [1.29, 1.82) is 0 Å². The molecule has 1 rings (SSSR count). The van der Waals surface area contributed by atoms with Crippen molar-refractivity contribution in [2.75, 3.05) is 0 Å². The first kappa shape index (κ1) is 16.2. The Morgan fingerprint density at radius 2 is 1.20 bits per heavy atom. The third kappa shape index (κ3) is 5.03. The second kappa shape index (κ2) is 7.68. The van der Waals surface area contributed by atoms with Gasteiger partial charge in [-0.15, -0.1) is 0 Å². The molecule has 0 bridgehead atoms. The van der Waals surface area contributed by atoms with Gasteiger partial charge >= 0.3 is 11.9 Å². The molecule has 0 saturated heterocycles. The Bertz CT molecular complexity index is 420. The normalized spacial score (nSPS) is 10.7. The molecule has 1 aromatic carbocycles. The van der Waals surface area contributed by atoms with Gasteiger partial charge in [0.15, 0.2) is 0 Å². The highest BCUT2D eigenvalue weighted by atomic mass is 16.5. The zero-order valence-corrected chi connectivity index (χ0v) is 12.5. The summed E-state index contributed by atoms with van der Waals surface area (Å²) in [6, 6.07) is 7.47. The van der Waals surface area contributed by atoms with Crippen LogP contribution < -0.4 is 0 Å². The van der Waals surface area contributed by atoms with Crippen molar-refractivity contribution in [3.05, 3.63) is 35.4 Å². The summed E-state index contributed by atoms with van der Waals surface area (Å²) in [5.74, 6) is -0.778. The standard InChI is InChI=1S/C16H22O4/c1-11(2)15(17)19-9-13-7-5-6-8-14(13)10-20-16(18)12(3)4/h5-8,11-12H,9-10H2,1-4H3. The molecule has 0 saturated carbocycles. The maximum atomic E-state index is 11.5. The van der Waals surface area contributed by atoms with E-state index in [2.05, 4.69) is 0 Å². The number of carbonyl (C=O) groups excluding carboxylic acids is 2. The van der Waals surface area contributed by atoms with E-state index in [-0.39, 0.29) is 37.0 Å². The molecule has 0 aliphatic heterocycles. The van der Waals surface area contributed by atoms with E-state index in [4.69, 9.17) is 9.47 Å². The first-order valence-corrected chi connectivity index (χ1v) is 6.82. The lowest BCUT2D eigenvalue weighted by molar-refractivity contribution is -0.150. The van der Waals surface area contributed by atoms with E-state index in [1.807, 2.05) is 24.3 Å². The molecule has 0 N–H and O–H groups in total. The fourth-order valence-corrected chi connectivity index (χ4v) is 1.47. The second-order valence-electron chi connectivity index (χ2n) is 5.29. The average Bonchev–Trinajstić information content (AvgIpc) is 2.42. The summed E-state index contributed by atoms with van der Waals surface area (Å²) in [6.07, 6.45) is 0. The number of benzene rings is 1. The molecule has 0 aliphatic rings.